The van der Waals surface area contributed by atoms with E-state index < -0.39 is 5.97 Å². The van der Waals surface area contributed by atoms with Crippen LogP contribution in [0.2, 0.25) is 5.02 Å². The van der Waals surface area contributed by atoms with Gasteiger partial charge in [-0.1, -0.05) is 39.7 Å². The Morgan fingerprint density at radius 3 is 2.44 bits per heavy atom. The van der Waals surface area contributed by atoms with Crippen LogP contribution in [0.5, 0.6) is 0 Å². The number of benzene rings is 1. The fraction of sp³-hybridized carbons (Fsp3) is 0.154. The van der Waals surface area contributed by atoms with Gasteiger partial charge in [0.1, 0.15) is 4.88 Å². The SMILES string of the molecule is CC(Br)c1cc(-c2ccc(Cl)cc2)sc1C(=O)O. The zero-order valence-corrected chi connectivity index (χ0v) is 12.6. The number of alkyl halides is 1. The van der Waals surface area contributed by atoms with Crippen molar-refractivity contribution in [3.63, 3.8) is 0 Å². The third kappa shape index (κ3) is 2.76. The first-order valence-corrected chi connectivity index (χ1v) is 7.37. The van der Waals surface area contributed by atoms with E-state index in [0.29, 0.717) is 9.90 Å². The zero-order valence-electron chi connectivity index (χ0n) is 9.48. The maximum absolute atomic E-state index is 11.2. The van der Waals surface area contributed by atoms with Crippen molar-refractivity contribution < 1.29 is 9.90 Å². The molecule has 0 fully saturated rings. The van der Waals surface area contributed by atoms with Crippen molar-refractivity contribution in [2.45, 2.75) is 11.8 Å². The van der Waals surface area contributed by atoms with E-state index in [9.17, 15) is 9.90 Å². The van der Waals surface area contributed by atoms with Gasteiger partial charge < -0.3 is 5.11 Å². The molecule has 0 spiro atoms. The smallest absolute Gasteiger partial charge is 0.346 e. The number of carbonyl (C=O) groups is 1. The molecule has 0 radical (unpaired) electrons. The minimum Gasteiger partial charge on any atom is -0.477 e. The Morgan fingerprint density at radius 1 is 1.39 bits per heavy atom. The molecule has 0 bridgehead atoms. The zero-order chi connectivity index (χ0) is 13.3. The molecule has 1 aromatic heterocycles. The van der Waals surface area contributed by atoms with Gasteiger partial charge in [0.25, 0.3) is 0 Å². The number of carboxylic acid groups (broad SMARTS) is 1. The quantitative estimate of drug-likeness (QED) is 0.774. The summed E-state index contributed by atoms with van der Waals surface area (Å²) in [7, 11) is 0. The van der Waals surface area contributed by atoms with Crippen molar-refractivity contribution in [3.8, 4) is 10.4 Å². The Labute approximate surface area is 122 Å². The summed E-state index contributed by atoms with van der Waals surface area (Å²) in [6.07, 6.45) is 0. The molecule has 2 nitrogen and oxygen atoms in total. The summed E-state index contributed by atoms with van der Waals surface area (Å²) in [5.41, 5.74) is 1.78. The third-order valence-electron chi connectivity index (χ3n) is 2.51. The lowest BCUT2D eigenvalue weighted by molar-refractivity contribution is 0.0701. The van der Waals surface area contributed by atoms with Crippen molar-refractivity contribution >= 4 is 44.8 Å². The number of rotatable bonds is 3. The summed E-state index contributed by atoms with van der Waals surface area (Å²) >= 11 is 10.5. The largest absolute Gasteiger partial charge is 0.477 e. The average molecular weight is 346 g/mol. The first-order valence-electron chi connectivity index (χ1n) is 5.26. The molecule has 0 amide bonds. The molecule has 94 valence electrons. The van der Waals surface area contributed by atoms with E-state index in [0.717, 1.165) is 16.0 Å². The molecular formula is C13H10BrClO2S. The highest BCUT2D eigenvalue weighted by Gasteiger charge is 2.18. The highest BCUT2D eigenvalue weighted by Crippen LogP contribution is 2.37. The van der Waals surface area contributed by atoms with Gasteiger partial charge in [0, 0.05) is 14.7 Å². The molecule has 0 aliphatic rings. The monoisotopic (exact) mass is 344 g/mol. The van der Waals surface area contributed by atoms with Gasteiger partial charge in [0.2, 0.25) is 0 Å². The molecule has 1 atom stereocenters. The molecule has 2 rings (SSSR count). The predicted molar refractivity (Wildman–Crippen MR) is 79.1 cm³/mol. The molecule has 5 heteroatoms. The van der Waals surface area contributed by atoms with Crippen molar-refractivity contribution in [2.75, 3.05) is 0 Å². The van der Waals surface area contributed by atoms with Crippen LogP contribution in [0.3, 0.4) is 0 Å². The van der Waals surface area contributed by atoms with Crippen LogP contribution in [0.4, 0.5) is 0 Å². The van der Waals surface area contributed by atoms with E-state index in [1.165, 1.54) is 11.3 Å². The van der Waals surface area contributed by atoms with Crippen LogP contribution in [-0.2, 0) is 0 Å². The Balaban J connectivity index is 2.49. The number of carboxylic acids is 1. The summed E-state index contributed by atoms with van der Waals surface area (Å²) in [5.74, 6) is -0.887. The van der Waals surface area contributed by atoms with Crippen molar-refractivity contribution in [3.05, 3.63) is 45.8 Å². The minimum atomic E-state index is -0.887. The van der Waals surface area contributed by atoms with Crippen LogP contribution in [0.25, 0.3) is 10.4 Å². The van der Waals surface area contributed by atoms with Gasteiger partial charge in [-0.2, -0.15) is 0 Å². The van der Waals surface area contributed by atoms with Crippen LogP contribution >= 0.6 is 38.9 Å². The highest BCUT2D eigenvalue weighted by molar-refractivity contribution is 9.09. The Morgan fingerprint density at radius 2 is 2.00 bits per heavy atom. The minimum absolute atomic E-state index is 0.0147. The van der Waals surface area contributed by atoms with Gasteiger partial charge in [-0.05, 0) is 36.2 Å². The van der Waals surface area contributed by atoms with Gasteiger partial charge in [-0.15, -0.1) is 11.3 Å². The Hall–Kier alpha value is -0.840. The van der Waals surface area contributed by atoms with Crippen molar-refractivity contribution in [1.29, 1.82) is 0 Å². The lowest BCUT2D eigenvalue weighted by Gasteiger charge is -2.00. The maximum Gasteiger partial charge on any atom is 0.346 e. The van der Waals surface area contributed by atoms with Gasteiger partial charge in [0.15, 0.2) is 0 Å². The second-order valence-corrected chi connectivity index (χ2v) is 6.69. The Kier molecular flexibility index (Phi) is 4.10. The van der Waals surface area contributed by atoms with Crippen LogP contribution in [0.1, 0.15) is 27.0 Å². The molecule has 1 aromatic carbocycles. The third-order valence-corrected chi connectivity index (χ3v) is 4.45. The summed E-state index contributed by atoms with van der Waals surface area (Å²) in [4.78, 5) is 12.5. The van der Waals surface area contributed by atoms with Gasteiger partial charge >= 0.3 is 5.97 Å². The van der Waals surface area contributed by atoms with E-state index in [2.05, 4.69) is 15.9 Å². The molecule has 0 aliphatic carbocycles. The van der Waals surface area contributed by atoms with Crippen LogP contribution in [0, 0.1) is 0 Å². The molecule has 0 aliphatic heterocycles. The van der Waals surface area contributed by atoms with E-state index in [1.807, 2.05) is 25.1 Å². The van der Waals surface area contributed by atoms with E-state index in [1.54, 1.807) is 12.1 Å². The highest BCUT2D eigenvalue weighted by atomic mass is 79.9. The van der Waals surface area contributed by atoms with Crippen molar-refractivity contribution in [2.24, 2.45) is 0 Å². The topological polar surface area (TPSA) is 37.3 Å². The maximum atomic E-state index is 11.2. The molecule has 0 saturated heterocycles. The molecule has 2 aromatic rings. The van der Waals surface area contributed by atoms with Crippen LogP contribution in [-0.4, -0.2) is 11.1 Å². The second-order valence-electron chi connectivity index (χ2n) is 3.82. The van der Waals surface area contributed by atoms with E-state index in [-0.39, 0.29) is 4.83 Å². The number of thiophene rings is 1. The first-order chi connectivity index (χ1) is 8.49. The number of halogens is 2. The van der Waals surface area contributed by atoms with E-state index in [4.69, 9.17) is 11.6 Å². The molecular weight excluding hydrogens is 336 g/mol. The first kappa shape index (κ1) is 13.6. The van der Waals surface area contributed by atoms with Crippen LogP contribution in [0.15, 0.2) is 30.3 Å². The molecule has 1 heterocycles. The average Bonchev–Trinajstić information content (AvgIpc) is 2.75. The van der Waals surface area contributed by atoms with Gasteiger partial charge in [0.05, 0.1) is 0 Å². The lowest BCUT2D eigenvalue weighted by atomic mass is 10.1. The summed E-state index contributed by atoms with van der Waals surface area (Å²) in [6.45, 7) is 1.92. The number of hydrogen-bond acceptors (Lipinski definition) is 2. The fourth-order valence-corrected chi connectivity index (χ4v) is 3.36. The molecule has 0 saturated carbocycles. The molecule has 1 unspecified atom stereocenters. The molecule has 18 heavy (non-hydrogen) atoms. The summed E-state index contributed by atoms with van der Waals surface area (Å²) in [5, 5.41) is 9.86. The second kappa shape index (κ2) is 5.43. The van der Waals surface area contributed by atoms with Crippen LogP contribution < -0.4 is 0 Å². The van der Waals surface area contributed by atoms with Crippen molar-refractivity contribution in [1.82, 2.24) is 0 Å². The summed E-state index contributed by atoms with van der Waals surface area (Å²) < 4.78 is 0. The number of hydrogen-bond donors (Lipinski definition) is 1. The lowest BCUT2D eigenvalue weighted by Crippen LogP contribution is -1.97. The van der Waals surface area contributed by atoms with E-state index >= 15 is 0 Å². The summed E-state index contributed by atoms with van der Waals surface area (Å²) in [6, 6.07) is 9.30. The van der Waals surface area contributed by atoms with Gasteiger partial charge in [-0.3, -0.25) is 0 Å². The fourth-order valence-electron chi connectivity index (χ4n) is 1.62. The standard InChI is InChI=1S/C13H10BrClO2S/c1-7(14)10-6-11(18-12(10)13(16)17)8-2-4-9(15)5-3-8/h2-7H,1H3,(H,16,17). The normalized spacial score (nSPS) is 12.4. The van der Waals surface area contributed by atoms with Gasteiger partial charge in [-0.25, -0.2) is 4.79 Å². The molecule has 1 N–H and O–H groups in total. The number of aromatic carboxylic acids is 1. The predicted octanol–water partition coefficient (Wildman–Crippen LogP) is 5.22. The Bertz CT molecular complexity index is 575.